The van der Waals surface area contributed by atoms with Crippen molar-refractivity contribution in [2.24, 2.45) is 0 Å². The lowest BCUT2D eigenvalue weighted by atomic mass is 10.1. The molecule has 82 valence electrons. The Morgan fingerprint density at radius 1 is 1.25 bits per heavy atom. The van der Waals surface area contributed by atoms with Gasteiger partial charge < -0.3 is 10.0 Å². The fraction of sp³-hybridized carbons (Fsp3) is 0.167. The molecule has 4 heteroatoms. The van der Waals surface area contributed by atoms with Crippen molar-refractivity contribution in [2.45, 2.75) is 0 Å². The first-order valence-corrected chi connectivity index (χ1v) is 4.89. The molecule has 0 aliphatic heterocycles. The largest absolute Gasteiger partial charge is 0.478 e. The second-order valence-corrected chi connectivity index (χ2v) is 3.78. The number of fused-ring (bicyclic) bond motifs is 1. The molecule has 1 aromatic heterocycles. The van der Waals surface area contributed by atoms with E-state index in [1.165, 1.54) is 0 Å². The van der Waals surface area contributed by atoms with E-state index in [1.54, 1.807) is 18.2 Å². The van der Waals surface area contributed by atoms with Gasteiger partial charge in [0.25, 0.3) is 0 Å². The Balaban J connectivity index is 2.61. The minimum absolute atomic E-state index is 0.260. The van der Waals surface area contributed by atoms with Gasteiger partial charge in [0.05, 0.1) is 11.1 Å². The van der Waals surface area contributed by atoms with Crippen LogP contribution in [0.2, 0.25) is 0 Å². The SMILES string of the molecule is CN(C)c1ccc2ccc(C(=O)O)cc2n1. The van der Waals surface area contributed by atoms with E-state index in [4.69, 9.17) is 5.11 Å². The summed E-state index contributed by atoms with van der Waals surface area (Å²) in [6.45, 7) is 0. The van der Waals surface area contributed by atoms with Crippen LogP contribution in [0.15, 0.2) is 30.3 Å². The van der Waals surface area contributed by atoms with Crippen LogP contribution in [0.3, 0.4) is 0 Å². The molecule has 0 radical (unpaired) electrons. The van der Waals surface area contributed by atoms with Crippen LogP contribution in [0, 0.1) is 0 Å². The molecular weight excluding hydrogens is 204 g/mol. The smallest absolute Gasteiger partial charge is 0.335 e. The fourth-order valence-corrected chi connectivity index (χ4v) is 1.49. The Labute approximate surface area is 93.1 Å². The third-order valence-electron chi connectivity index (χ3n) is 2.38. The summed E-state index contributed by atoms with van der Waals surface area (Å²) in [5.41, 5.74) is 0.960. The molecule has 1 N–H and O–H groups in total. The van der Waals surface area contributed by atoms with E-state index in [0.29, 0.717) is 5.52 Å². The number of aromatic nitrogens is 1. The number of benzene rings is 1. The number of aromatic carboxylic acids is 1. The van der Waals surface area contributed by atoms with Gasteiger partial charge in [0.15, 0.2) is 0 Å². The number of pyridine rings is 1. The number of anilines is 1. The maximum absolute atomic E-state index is 10.8. The van der Waals surface area contributed by atoms with Crippen molar-refractivity contribution < 1.29 is 9.90 Å². The lowest BCUT2D eigenvalue weighted by Gasteiger charge is -2.11. The maximum atomic E-state index is 10.8. The zero-order valence-corrected chi connectivity index (χ0v) is 9.14. The van der Waals surface area contributed by atoms with Crippen molar-refractivity contribution in [3.05, 3.63) is 35.9 Å². The molecule has 0 fully saturated rings. The van der Waals surface area contributed by atoms with E-state index in [-0.39, 0.29) is 5.56 Å². The van der Waals surface area contributed by atoms with E-state index in [0.717, 1.165) is 11.2 Å². The Hall–Kier alpha value is -2.10. The molecule has 0 aliphatic rings. The molecule has 1 aromatic carbocycles. The minimum Gasteiger partial charge on any atom is -0.478 e. The predicted molar refractivity (Wildman–Crippen MR) is 63.0 cm³/mol. The van der Waals surface area contributed by atoms with Gasteiger partial charge in [0.2, 0.25) is 0 Å². The summed E-state index contributed by atoms with van der Waals surface area (Å²) < 4.78 is 0. The summed E-state index contributed by atoms with van der Waals surface area (Å²) in [6, 6.07) is 8.78. The second kappa shape index (κ2) is 3.81. The summed E-state index contributed by atoms with van der Waals surface area (Å²) in [4.78, 5) is 17.1. The third kappa shape index (κ3) is 1.82. The zero-order valence-electron chi connectivity index (χ0n) is 9.14. The first-order chi connectivity index (χ1) is 7.58. The topological polar surface area (TPSA) is 53.4 Å². The van der Waals surface area contributed by atoms with Gasteiger partial charge >= 0.3 is 5.97 Å². The highest BCUT2D eigenvalue weighted by atomic mass is 16.4. The lowest BCUT2D eigenvalue weighted by molar-refractivity contribution is 0.0697. The number of hydrogen-bond acceptors (Lipinski definition) is 3. The Bertz CT molecular complexity index is 550. The van der Waals surface area contributed by atoms with E-state index >= 15 is 0 Å². The van der Waals surface area contributed by atoms with Crippen LogP contribution < -0.4 is 4.90 Å². The number of rotatable bonds is 2. The summed E-state index contributed by atoms with van der Waals surface area (Å²) in [6.07, 6.45) is 0. The van der Waals surface area contributed by atoms with Crippen molar-refractivity contribution in [3.8, 4) is 0 Å². The molecule has 0 spiro atoms. The van der Waals surface area contributed by atoms with Crippen LogP contribution in [0.5, 0.6) is 0 Å². The molecule has 0 aliphatic carbocycles. The monoisotopic (exact) mass is 216 g/mol. The van der Waals surface area contributed by atoms with Crippen molar-refractivity contribution >= 4 is 22.7 Å². The highest BCUT2D eigenvalue weighted by Gasteiger charge is 2.05. The van der Waals surface area contributed by atoms with Crippen LogP contribution in [0.4, 0.5) is 5.82 Å². The molecule has 0 amide bonds. The van der Waals surface area contributed by atoms with E-state index in [2.05, 4.69) is 4.98 Å². The third-order valence-corrected chi connectivity index (χ3v) is 2.38. The van der Waals surface area contributed by atoms with Crippen molar-refractivity contribution in [1.29, 1.82) is 0 Å². The van der Waals surface area contributed by atoms with Gasteiger partial charge in [-0.2, -0.15) is 0 Å². The summed E-state index contributed by atoms with van der Waals surface area (Å²) >= 11 is 0. The summed E-state index contributed by atoms with van der Waals surface area (Å²) in [7, 11) is 3.80. The normalized spacial score (nSPS) is 10.4. The molecule has 0 saturated heterocycles. The molecule has 2 rings (SSSR count). The lowest BCUT2D eigenvalue weighted by Crippen LogP contribution is -2.10. The maximum Gasteiger partial charge on any atom is 0.335 e. The van der Waals surface area contributed by atoms with Gasteiger partial charge in [-0.3, -0.25) is 0 Å². The van der Waals surface area contributed by atoms with Gasteiger partial charge in [0.1, 0.15) is 5.82 Å². The standard InChI is InChI=1S/C12H12N2O2/c1-14(2)11-6-5-8-3-4-9(12(15)16)7-10(8)13-11/h3-7H,1-2H3,(H,15,16). The van der Waals surface area contributed by atoms with E-state index in [9.17, 15) is 4.79 Å². The predicted octanol–water partition coefficient (Wildman–Crippen LogP) is 2.00. The van der Waals surface area contributed by atoms with Gasteiger partial charge in [0, 0.05) is 19.5 Å². The van der Waals surface area contributed by atoms with Crippen molar-refractivity contribution in [2.75, 3.05) is 19.0 Å². The Morgan fingerprint density at radius 2 is 1.94 bits per heavy atom. The van der Waals surface area contributed by atoms with Crippen LogP contribution in [0.25, 0.3) is 10.9 Å². The van der Waals surface area contributed by atoms with Gasteiger partial charge in [-0.15, -0.1) is 0 Å². The number of carboxylic acid groups (broad SMARTS) is 1. The highest BCUT2D eigenvalue weighted by Crippen LogP contribution is 2.18. The molecule has 2 aromatic rings. The minimum atomic E-state index is -0.932. The Morgan fingerprint density at radius 3 is 2.56 bits per heavy atom. The van der Waals surface area contributed by atoms with Crippen LogP contribution in [-0.2, 0) is 0 Å². The molecule has 0 unspecified atom stereocenters. The zero-order chi connectivity index (χ0) is 11.7. The summed E-state index contributed by atoms with van der Waals surface area (Å²) in [5.74, 6) is -0.117. The molecule has 0 atom stereocenters. The number of carbonyl (C=O) groups is 1. The Kier molecular flexibility index (Phi) is 2.48. The number of carboxylic acids is 1. The molecule has 0 bridgehead atoms. The number of nitrogens with zero attached hydrogens (tertiary/aromatic N) is 2. The van der Waals surface area contributed by atoms with Crippen molar-refractivity contribution in [1.82, 2.24) is 4.98 Å². The first kappa shape index (κ1) is 10.4. The fourth-order valence-electron chi connectivity index (χ4n) is 1.49. The average molecular weight is 216 g/mol. The van der Waals surface area contributed by atoms with E-state index < -0.39 is 5.97 Å². The first-order valence-electron chi connectivity index (χ1n) is 4.89. The average Bonchev–Trinajstić information content (AvgIpc) is 2.27. The highest BCUT2D eigenvalue weighted by molar-refractivity contribution is 5.93. The van der Waals surface area contributed by atoms with Crippen LogP contribution in [-0.4, -0.2) is 30.2 Å². The van der Waals surface area contributed by atoms with Gasteiger partial charge in [-0.1, -0.05) is 6.07 Å². The molecule has 4 nitrogen and oxygen atoms in total. The van der Waals surface area contributed by atoms with Crippen LogP contribution in [0.1, 0.15) is 10.4 Å². The van der Waals surface area contributed by atoms with Crippen molar-refractivity contribution in [3.63, 3.8) is 0 Å². The molecule has 16 heavy (non-hydrogen) atoms. The van der Waals surface area contributed by atoms with Gasteiger partial charge in [-0.25, -0.2) is 9.78 Å². The molecule has 1 heterocycles. The van der Waals surface area contributed by atoms with Crippen LogP contribution >= 0.6 is 0 Å². The second-order valence-electron chi connectivity index (χ2n) is 3.78. The molecule has 0 saturated carbocycles. The van der Waals surface area contributed by atoms with Gasteiger partial charge in [-0.05, 0) is 24.3 Å². The quantitative estimate of drug-likeness (QED) is 0.834. The number of hydrogen-bond donors (Lipinski definition) is 1. The molecular formula is C12H12N2O2. The summed E-state index contributed by atoms with van der Waals surface area (Å²) in [5, 5.41) is 9.82. The van der Waals surface area contributed by atoms with E-state index in [1.807, 2.05) is 31.1 Å².